The number of benzene rings is 2. The molecule has 0 bridgehead atoms. The third-order valence-electron chi connectivity index (χ3n) is 3.65. The molecule has 0 radical (unpaired) electrons. The van der Waals surface area contributed by atoms with Crippen molar-refractivity contribution in [3.63, 3.8) is 0 Å². The Morgan fingerprint density at radius 3 is 2.42 bits per heavy atom. The fourth-order valence-corrected chi connectivity index (χ4v) is 2.27. The third kappa shape index (κ3) is 5.74. The average molecular weight is 445 g/mol. The highest BCUT2D eigenvalue weighted by Crippen LogP contribution is 2.11. The Hall–Kier alpha value is -1.70. The highest BCUT2D eigenvalue weighted by Gasteiger charge is 2.07. The van der Waals surface area contributed by atoms with Gasteiger partial charge in [-0.3, -0.25) is 4.99 Å². The van der Waals surface area contributed by atoms with E-state index >= 15 is 0 Å². The van der Waals surface area contributed by atoms with Gasteiger partial charge in [-0.1, -0.05) is 36.4 Å². The van der Waals surface area contributed by atoms with Crippen LogP contribution < -0.4 is 10.6 Å². The normalized spacial score (nSPS) is 10.9. The summed E-state index contributed by atoms with van der Waals surface area (Å²) < 4.78 is 26.7. The molecule has 3 nitrogen and oxygen atoms in total. The van der Waals surface area contributed by atoms with Crippen molar-refractivity contribution in [2.24, 2.45) is 4.99 Å². The van der Waals surface area contributed by atoms with Crippen molar-refractivity contribution in [1.29, 1.82) is 0 Å². The Balaban J connectivity index is 0.00000288. The third-order valence-corrected chi connectivity index (χ3v) is 3.65. The van der Waals surface area contributed by atoms with Gasteiger partial charge >= 0.3 is 0 Å². The van der Waals surface area contributed by atoms with E-state index in [0.717, 1.165) is 6.07 Å². The van der Waals surface area contributed by atoms with Crippen molar-refractivity contribution >= 4 is 29.9 Å². The number of aryl methyl sites for hydroxylation is 1. The van der Waals surface area contributed by atoms with E-state index in [-0.39, 0.29) is 24.0 Å². The Morgan fingerprint density at radius 2 is 1.71 bits per heavy atom. The van der Waals surface area contributed by atoms with Crippen molar-refractivity contribution in [2.45, 2.75) is 19.9 Å². The van der Waals surface area contributed by atoms with Crippen LogP contribution in [0.15, 0.2) is 47.5 Å². The first kappa shape index (κ1) is 20.3. The van der Waals surface area contributed by atoms with Crippen LogP contribution >= 0.6 is 24.0 Å². The van der Waals surface area contributed by atoms with Gasteiger partial charge < -0.3 is 10.6 Å². The van der Waals surface area contributed by atoms with Crippen LogP contribution in [0.1, 0.15) is 16.7 Å². The van der Waals surface area contributed by atoms with Gasteiger partial charge in [-0.05, 0) is 36.1 Å². The first-order valence-corrected chi connectivity index (χ1v) is 7.53. The van der Waals surface area contributed by atoms with Gasteiger partial charge in [0.1, 0.15) is 0 Å². The zero-order valence-corrected chi connectivity index (χ0v) is 16.1. The van der Waals surface area contributed by atoms with Gasteiger partial charge in [-0.15, -0.1) is 24.0 Å². The molecule has 24 heavy (non-hydrogen) atoms. The van der Waals surface area contributed by atoms with Crippen LogP contribution in [-0.2, 0) is 13.0 Å². The number of rotatable bonds is 5. The topological polar surface area (TPSA) is 36.4 Å². The maximum absolute atomic E-state index is 13.6. The summed E-state index contributed by atoms with van der Waals surface area (Å²) in [6.07, 6.45) is 0.384. The highest BCUT2D eigenvalue weighted by molar-refractivity contribution is 14.0. The molecular formula is C18H22F2IN3. The summed E-state index contributed by atoms with van der Waals surface area (Å²) in [6, 6.07) is 12.3. The van der Waals surface area contributed by atoms with Crippen LogP contribution in [0.5, 0.6) is 0 Å². The van der Waals surface area contributed by atoms with Crippen LogP contribution in [0.4, 0.5) is 8.78 Å². The molecule has 0 saturated carbocycles. The predicted octanol–water partition coefficient (Wildman–Crippen LogP) is 3.80. The lowest BCUT2D eigenvalue weighted by Gasteiger charge is -2.13. The molecule has 0 aliphatic carbocycles. The Labute approximate surface area is 158 Å². The molecule has 2 N–H and O–H groups in total. The molecule has 2 rings (SSSR count). The molecule has 6 heteroatoms. The summed E-state index contributed by atoms with van der Waals surface area (Å²) in [5, 5.41) is 6.31. The lowest BCUT2D eigenvalue weighted by Crippen LogP contribution is -2.38. The van der Waals surface area contributed by atoms with Crippen LogP contribution in [-0.4, -0.2) is 19.6 Å². The zero-order chi connectivity index (χ0) is 16.7. The van der Waals surface area contributed by atoms with Gasteiger partial charge in [0.2, 0.25) is 0 Å². The van der Waals surface area contributed by atoms with Crippen LogP contribution in [0, 0.1) is 18.6 Å². The summed E-state index contributed by atoms with van der Waals surface area (Å²) in [7, 11) is 1.68. The SMILES string of the molecule is CN=C(NCCc1cccc(F)c1F)NCc1ccccc1C.I. The number of hydrogen-bond acceptors (Lipinski definition) is 1. The molecule has 0 aliphatic rings. The first-order valence-electron chi connectivity index (χ1n) is 7.53. The Kier molecular flexibility index (Phi) is 8.67. The van der Waals surface area contributed by atoms with E-state index in [2.05, 4.69) is 34.7 Å². The van der Waals surface area contributed by atoms with Gasteiger partial charge in [-0.2, -0.15) is 0 Å². The maximum atomic E-state index is 13.6. The predicted molar refractivity (Wildman–Crippen MR) is 105 cm³/mol. The minimum Gasteiger partial charge on any atom is -0.356 e. The van der Waals surface area contributed by atoms with Crippen molar-refractivity contribution in [3.05, 3.63) is 70.8 Å². The molecule has 0 aromatic heterocycles. The van der Waals surface area contributed by atoms with Crippen molar-refractivity contribution in [1.82, 2.24) is 10.6 Å². The summed E-state index contributed by atoms with van der Waals surface area (Å²) in [6.45, 7) is 3.18. The summed E-state index contributed by atoms with van der Waals surface area (Å²) >= 11 is 0. The summed E-state index contributed by atoms with van der Waals surface area (Å²) in [5.41, 5.74) is 2.75. The Morgan fingerprint density at radius 1 is 1.00 bits per heavy atom. The van der Waals surface area contributed by atoms with E-state index in [0.29, 0.717) is 31.0 Å². The van der Waals surface area contributed by atoms with Crippen molar-refractivity contribution in [3.8, 4) is 0 Å². The number of nitrogens with zero attached hydrogens (tertiary/aromatic N) is 1. The second-order valence-electron chi connectivity index (χ2n) is 5.24. The summed E-state index contributed by atoms with van der Waals surface area (Å²) in [4.78, 5) is 4.13. The van der Waals surface area contributed by atoms with Gasteiger partial charge in [0.25, 0.3) is 0 Å². The number of nitrogens with one attached hydrogen (secondary N) is 2. The molecule has 0 saturated heterocycles. The largest absolute Gasteiger partial charge is 0.356 e. The molecule has 0 unspecified atom stereocenters. The average Bonchev–Trinajstić information content (AvgIpc) is 2.56. The van der Waals surface area contributed by atoms with Gasteiger partial charge in [0.05, 0.1) is 0 Å². The molecule has 0 heterocycles. The molecule has 0 atom stereocenters. The second-order valence-corrected chi connectivity index (χ2v) is 5.24. The molecule has 0 spiro atoms. The van der Waals surface area contributed by atoms with E-state index in [9.17, 15) is 8.78 Å². The maximum Gasteiger partial charge on any atom is 0.191 e. The lowest BCUT2D eigenvalue weighted by molar-refractivity contribution is 0.498. The smallest absolute Gasteiger partial charge is 0.191 e. The quantitative estimate of drug-likeness (QED) is 0.418. The second kappa shape index (κ2) is 10.2. The monoisotopic (exact) mass is 445 g/mol. The minimum absolute atomic E-state index is 0. The van der Waals surface area contributed by atoms with Crippen molar-refractivity contribution in [2.75, 3.05) is 13.6 Å². The molecule has 2 aromatic rings. The van der Waals surface area contributed by atoms with E-state index in [4.69, 9.17) is 0 Å². The fourth-order valence-electron chi connectivity index (χ4n) is 2.27. The van der Waals surface area contributed by atoms with E-state index in [1.165, 1.54) is 17.2 Å². The van der Waals surface area contributed by atoms with Gasteiger partial charge in [0, 0.05) is 20.1 Å². The van der Waals surface area contributed by atoms with E-state index < -0.39 is 11.6 Å². The number of guanidine groups is 1. The first-order chi connectivity index (χ1) is 11.1. The highest BCUT2D eigenvalue weighted by atomic mass is 127. The number of hydrogen-bond donors (Lipinski definition) is 2. The van der Waals surface area contributed by atoms with E-state index in [1.54, 1.807) is 13.1 Å². The fraction of sp³-hybridized carbons (Fsp3) is 0.278. The molecule has 0 fully saturated rings. The standard InChI is InChI=1S/C18H21F2N3.HI/c1-13-6-3-4-7-15(13)12-23-18(21-2)22-11-10-14-8-5-9-16(19)17(14)20;/h3-9H,10-12H2,1-2H3,(H2,21,22,23);1H. The Bertz CT molecular complexity index is 690. The van der Waals surface area contributed by atoms with Gasteiger partial charge in [0.15, 0.2) is 17.6 Å². The summed E-state index contributed by atoms with van der Waals surface area (Å²) in [5.74, 6) is -0.966. The van der Waals surface area contributed by atoms with Gasteiger partial charge in [-0.25, -0.2) is 8.78 Å². The molecular weight excluding hydrogens is 423 g/mol. The minimum atomic E-state index is -0.815. The number of halogens is 3. The van der Waals surface area contributed by atoms with E-state index in [1.807, 2.05) is 12.1 Å². The molecule has 130 valence electrons. The molecule has 2 aromatic carbocycles. The van der Waals surface area contributed by atoms with Crippen LogP contribution in [0.25, 0.3) is 0 Å². The molecule has 0 aliphatic heterocycles. The van der Waals surface area contributed by atoms with Crippen molar-refractivity contribution < 1.29 is 8.78 Å². The molecule has 0 amide bonds. The number of aliphatic imine (C=N–C) groups is 1. The lowest BCUT2D eigenvalue weighted by atomic mass is 10.1. The zero-order valence-electron chi connectivity index (χ0n) is 13.8. The van der Waals surface area contributed by atoms with Crippen LogP contribution in [0.3, 0.4) is 0 Å². The van der Waals surface area contributed by atoms with Crippen LogP contribution in [0.2, 0.25) is 0 Å².